The summed E-state index contributed by atoms with van der Waals surface area (Å²) in [7, 11) is -0.647. The predicted octanol–water partition coefficient (Wildman–Crippen LogP) is 3.04. The van der Waals surface area contributed by atoms with Crippen molar-refractivity contribution < 1.29 is 17.0 Å². The summed E-state index contributed by atoms with van der Waals surface area (Å²) in [5.74, 6) is 0.867. The maximum absolute atomic E-state index is 5.93. The molecule has 0 N–H and O–H groups in total. The Morgan fingerprint density at radius 3 is 1.28 bits per heavy atom. The van der Waals surface area contributed by atoms with E-state index >= 15 is 0 Å². The van der Waals surface area contributed by atoms with Gasteiger partial charge in [0.05, 0.1) is 24.6 Å². The molecular weight excluding hydrogens is 326 g/mol. The molecule has 112 valence electrons. The Morgan fingerprint density at radius 1 is 0.667 bits per heavy atom. The van der Waals surface area contributed by atoms with Crippen molar-refractivity contribution in [2.45, 2.75) is 65.7 Å². The molecule has 0 aromatic carbocycles. The Balaban J connectivity index is 0. The third-order valence-corrected chi connectivity index (χ3v) is 9.05. The zero-order valence-electron chi connectivity index (χ0n) is 12.7. The number of unbranched alkanes of at least 4 members (excludes halogenated alkanes) is 3. The summed E-state index contributed by atoms with van der Waals surface area (Å²) in [6.07, 6.45) is 15.8. The fraction of sp³-hybridized carbons (Fsp3) is 1.00. The van der Waals surface area contributed by atoms with E-state index in [9.17, 15) is 0 Å². The first-order valence-electron chi connectivity index (χ1n) is 7.65. The molecule has 0 radical (unpaired) electrons. The summed E-state index contributed by atoms with van der Waals surface area (Å²) in [5.41, 5.74) is 0. The van der Waals surface area contributed by atoms with Gasteiger partial charge in [-0.3, -0.25) is 0 Å². The van der Waals surface area contributed by atoms with Crippen LogP contribution in [0.3, 0.4) is 0 Å². The van der Waals surface area contributed by atoms with E-state index in [4.69, 9.17) is 11.6 Å². The van der Waals surface area contributed by atoms with E-state index in [-0.39, 0.29) is 17.0 Å². The van der Waals surface area contributed by atoms with Gasteiger partial charge in [0.2, 0.25) is 0 Å². The van der Waals surface area contributed by atoms with Gasteiger partial charge in [-0.2, -0.15) is 0 Å². The van der Waals surface area contributed by atoms with Gasteiger partial charge in [0.25, 0.3) is 0 Å². The number of halogens is 2. The molecule has 0 aliphatic carbocycles. The molecule has 0 aromatic rings. The lowest BCUT2D eigenvalue weighted by Gasteiger charge is -2.27. The minimum Gasteiger partial charge on any atom is -1.00 e. The summed E-state index contributed by atoms with van der Waals surface area (Å²) in [6.45, 7) is 6.99. The largest absolute Gasteiger partial charge is 1.00 e. The van der Waals surface area contributed by atoms with Crippen LogP contribution in [-0.2, 0) is 0 Å². The Hall–Kier alpha value is 1.20. The number of hydrogen-bond donors (Lipinski definition) is 0. The van der Waals surface area contributed by atoms with Gasteiger partial charge in [0, 0.05) is 13.1 Å². The van der Waals surface area contributed by atoms with E-state index in [1.165, 1.54) is 51.1 Å². The molecule has 18 heavy (non-hydrogen) atoms. The second-order valence-corrected chi connectivity index (χ2v) is 10.2. The molecule has 0 saturated carbocycles. The van der Waals surface area contributed by atoms with E-state index in [0.717, 1.165) is 5.88 Å². The third kappa shape index (κ3) is 10.0. The highest BCUT2D eigenvalue weighted by Crippen LogP contribution is 2.61. The van der Waals surface area contributed by atoms with Gasteiger partial charge in [-0.15, -0.1) is 11.6 Å². The minimum atomic E-state index is -0.647. The first-order chi connectivity index (χ1) is 8.24. The van der Waals surface area contributed by atoms with Gasteiger partial charge in [-0.25, -0.2) is 0 Å². The van der Waals surface area contributed by atoms with Crippen molar-refractivity contribution >= 4 is 18.9 Å². The average Bonchev–Trinajstić information content (AvgIpc) is 2.37. The molecule has 0 rings (SSSR count). The highest BCUT2D eigenvalue weighted by Gasteiger charge is 2.34. The molecule has 0 saturated heterocycles. The van der Waals surface area contributed by atoms with Crippen molar-refractivity contribution in [1.29, 1.82) is 0 Å². The maximum Gasteiger partial charge on any atom is 0.0605 e. The van der Waals surface area contributed by atoms with Crippen LogP contribution in [0.1, 0.15) is 65.7 Å². The van der Waals surface area contributed by atoms with Crippen molar-refractivity contribution in [2.75, 3.05) is 30.5 Å². The Morgan fingerprint density at radius 2 is 1.00 bits per heavy atom. The van der Waals surface area contributed by atoms with E-state index in [2.05, 4.69) is 20.8 Å². The summed E-state index contributed by atoms with van der Waals surface area (Å²) < 4.78 is 0. The lowest BCUT2D eigenvalue weighted by molar-refractivity contribution is -0.00000387. The standard InChI is InChI=1S/C15H33ClP.BrH/c1-4-7-12-17(13-8-5-2,14-9-6-3)15-10-11-16;/h4-15H2,1-3H3;1H/q+1;/p-1. The van der Waals surface area contributed by atoms with Crippen LogP contribution in [0.25, 0.3) is 0 Å². The molecular formula is C15H33BrClP. The van der Waals surface area contributed by atoms with Crippen LogP contribution < -0.4 is 17.0 Å². The van der Waals surface area contributed by atoms with Crippen LogP contribution in [0.15, 0.2) is 0 Å². The summed E-state index contributed by atoms with van der Waals surface area (Å²) in [5, 5.41) is 0. The van der Waals surface area contributed by atoms with Crippen molar-refractivity contribution in [3.05, 3.63) is 0 Å². The monoisotopic (exact) mass is 358 g/mol. The lowest BCUT2D eigenvalue weighted by Crippen LogP contribution is -3.00. The van der Waals surface area contributed by atoms with Crippen LogP contribution >= 0.6 is 18.9 Å². The second kappa shape index (κ2) is 14.6. The first-order valence-corrected chi connectivity index (χ1v) is 10.7. The van der Waals surface area contributed by atoms with Gasteiger partial charge < -0.3 is 17.0 Å². The van der Waals surface area contributed by atoms with E-state index < -0.39 is 7.26 Å². The van der Waals surface area contributed by atoms with Crippen molar-refractivity contribution in [3.63, 3.8) is 0 Å². The Bertz CT molecular complexity index is 127. The first kappa shape index (κ1) is 21.5. The molecule has 0 aliphatic heterocycles. The van der Waals surface area contributed by atoms with Crippen LogP contribution in [0.5, 0.6) is 0 Å². The highest BCUT2D eigenvalue weighted by molar-refractivity contribution is 7.75. The molecule has 0 unspecified atom stereocenters. The van der Waals surface area contributed by atoms with E-state index in [1.54, 1.807) is 18.5 Å². The van der Waals surface area contributed by atoms with E-state index in [0.29, 0.717) is 0 Å². The van der Waals surface area contributed by atoms with Crippen LogP contribution in [0, 0.1) is 0 Å². The fourth-order valence-corrected chi connectivity index (χ4v) is 8.00. The molecule has 0 nitrogen and oxygen atoms in total. The number of hydrogen-bond acceptors (Lipinski definition) is 0. The normalized spacial score (nSPS) is 11.3. The predicted molar refractivity (Wildman–Crippen MR) is 86.4 cm³/mol. The average molecular weight is 360 g/mol. The second-order valence-electron chi connectivity index (χ2n) is 5.34. The lowest BCUT2D eigenvalue weighted by atomic mass is 10.4. The molecule has 0 atom stereocenters. The smallest absolute Gasteiger partial charge is 0.0605 e. The van der Waals surface area contributed by atoms with Crippen LogP contribution in [-0.4, -0.2) is 30.5 Å². The topological polar surface area (TPSA) is 0 Å². The maximum atomic E-state index is 5.93. The van der Waals surface area contributed by atoms with Gasteiger partial charge in [-0.1, -0.05) is 40.0 Å². The van der Waals surface area contributed by atoms with Crippen LogP contribution in [0.4, 0.5) is 0 Å². The summed E-state index contributed by atoms with van der Waals surface area (Å²) in [6, 6.07) is 0. The highest BCUT2D eigenvalue weighted by atomic mass is 79.9. The summed E-state index contributed by atoms with van der Waals surface area (Å²) >= 11 is 5.93. The molecule has 0 heterocycles. The van der Waals surface area contributed by atoms with Gasteiger partial charge in [0.15, 0.2) is 0 Å². The van der Waals surface area contributed by atoms with Gasteiger partial charge >= 0.3 is 0 Å². The zero-order valence-corrected chi connectivity index (χ0v) is 15.9. The van der Waals surface area contributed by atoms with Gasteiger partial charge in [-0.05, 0) is 25.7 Å². The number of alkyl halides is 1. The van der Waals surface area contributed by atoms with Gasteiger partial charge in [0.1, 0.15) is 0 Å². The molecule has 0 amide bonds. The molecule has 0 aromatic heterocycles. The molecule has 0 fully saturated rings. The minimum absolute atomic E-state index is 0. The third-order valence-electron chi connectivity index (χ3n) is 3.72. The summed E-state index contributed by atoms with van der Waals surface area (Å²) in [4.78, 5) is 0. The van der Waals surface area contributed by atoms with Crippen molar-refractivity contribution in [2.24, 2.45) is 0 Å². The van der Waals surface area contributed by atoms with Crippen molar-refractivity contribution in [3.8, 4) is 0 Å². The van der Waals surface area contributed by atoms with Crippen LogP contribution in [0.2, 0.25) is 0 Å². The molecule has 3 heteroatoms. The number of rotatable bonds is 12. The molecule has 0 spiro atoms. The van der Waals surface area contributed by atoms with Crippen molar-refractivity contribution in [1.82, 2.24) is 0 Å². The zero-order chi connectivity index (χ0) is 13.0. The Labute approximate surface area is 132 Å². The fourth-order valence-electron chi connectivity index (χ4n) is 2.55. The molecule has 0 bridgehead atoms. The SMILES string of the molecule is CCCC[P+](CCCC)(CCCC)CCCCl.[Br-]. The quantitative estimate of drug-likeness (QED) is 0.371. The molecule has 0 aliphatic rings. The Kier molecular flexibility index (Phi) is 17.4. The van der Waals surface area contributed by atoms with E-state index in [1.807, 2.05) is 0 Å².